The highest BCUT2D eigenvalue weighted by Crippen LogP contribution is 2.46. The van der Waals surface area contributed by atoms with E-state index in [-0.39, 0.29) is 5.60 Å². The summed E-state index contributed by atoms with van der Waals surface area (Å²) < 4.78 is 6.20. The van der Waals surface area contributed by atoms with Crippen molar-refractivity contribution in [1.82, 2.24) is 4.90 Å². The van der Waals surface area contributed by atoms with E-state index in [1.165, 1.54) is 44.9 Å². The molecule has 4 rings (SSSR count). The van der Waals surface area contributed by atoms with Crippen molar-refractivity contribution in [3.05, 3.63) is 0 Å². The van der Waals surface area contributed by atoms with Crippen molar-refractivity contribution in [2.45, 2.75) is 81.5 Å². The Morgan fingerprint density at radius 3 is 2.55 bits per heavy atom. The molecule has 0 aromatic carbocycles. The second kappa shape index (κ2) is 4.96. The predicted octanol–water partition coefficient (Wildman–Crippen LogP) is 2.72. The van der Waals surface area contributed by atoms with Gasteiger partial charge in [0.25, 0.3) is 0 Å². The molecule has 2 heterocycles. The first-order valence-electron chi connectivity index (χ1n) is 8.80. The first-order valence-corrected chi connectivity index (χ1v) is 8.80. The van der Waals surface area contributed by atoms with Gasteiger partial charge in [-0.2, -0.15) is 0 Å². The van der Waals surface area contributed by atoms with E-state index in [2.05, 4.69) is 4.90 Å². The van der Waals surface area contributed by atoms with E-state index in [1.54, 1.807) is 0 Å². The zero-order valence-corrected chi connectivity index (χ0v) is 12.6. The monoisotopic (exact) mass is 279 g/mol. The molecule has 2 aliphatic heterocycles. The van der Waals surface area contributed by atoms with E-state index in [0.29, 0.717) is 5.92 Å². The highest BCUT2D eigenvalue weighted by Gasteiger charge is 2.50. The quantitative estimate of drug-likeness (QED) is 0.843. The van der Waals surface area contributed by atoms with Gasteiger partial charge < -0.3 is 9.84 Å². The van der Waals surface area contributed by atoms with Crippen LogP contribution in [0.25, 0.3) is 0 Å². The minimum absolute atomic E-state index is 0.129. The number of hydrogen-bond acceptors (Lipinski definition) is 3. The fourth-order valence-corrected chi connectivity index (χ4v) is 4.96. The van der Waals surface area contributed by atoms with Crippen LogP contribution in [-0.2, 0) is 4.74 Å². The van der Waals surface area contributed by atoms with Gasteiger partial charge in [-0.1, -0.05) is 19.3 Å². The van der Waals surface area contributed by atoms with E-state index in [4.69, 9.17) is 4.74 Å². The summed E-state index contributed by atoms with van der Waals surface area (Å²) in [7, 11) is 0. The van der Waals surface area contributed by atoms with Crippen molar-refractivity contribution < 1.29 is 9.84 Å². The van der Waals surface area contributed by atoms with Gasteiger partial charge in [0.05, 0.1) is 11.2 Å². The largest absolute Gasteiger partial charge is 0.388 e. The average Bonchev–Trinajstić information content (AvgIpc) is 3.23. The molecule has 2 saturated carbocycles. The number of rotatable bonds is 2. The Morgan fingerprint density at radius 1 is 1.00 bits per heavy atom. The molecule has 0 bridgehead atoms. The smallest absolute Gasteiger partial charge is 0.0816 e. The number of likely N-dealkylation sites (tertiary alicyclic amines) is 1. The zero-order valence-electron chi connectivity index (χ0n) is 12.6. The summed E-state index contributed by atoms with van der Waals surface area (Å²) in [6.45, 7) is 2.92. The van der Waals surface area contributed by atoms with E-state index in [9.17, 15) is 5.11 Å². The number of nitrogens with zero attached hydrogens (tertiary/aromatic N) is 1. The van der Waals surface area contributed by atoms with Crippen molar-refractivity contribution in [2.75, 3.05) is 19.7 Å². The maximum Gasteiger partial charge on any atom is 0.0816 e. The Morgan fingerprint density at radius 2 is 1.80 bits per heavy atom. The van der Waals surface area contributed by atoms with Crippen LogP contribution in [0.1, 0.15) is 64.2 Å². The van der Waals surface area contributed by atoms with E-state index in [0.717, 1.165) is 45.0 Å². The zero-order chi connectivity index (χ0) is 13.6. The lowest BCUT2D eigenvalue weighted by atomic mass is 9.70. The summed E-state index contributed by atoms with van der Waals surface area (Å²) >= 11 is 0. The minimum Gasteiger partial charge on any atom is -0.388 e. The van der Waals surface area contributed by atoms with Crippen molar-refractivity contribution in [3.8, 4) is 0 Å². The lowest BCUT2D eigenvalue weighted by Gasteiger charge is -2.47. The van der Waals surface area contributed by atoms with Crippen LogP contribution in [0, 0.1) is 5.92 Å². The molecular formula is C17H29NO2. The predicted molar refractivity (Wildman–Crippen MR) is 78.7 cm³/mol. The van der Waals surface area contributed by atoms with Gasteiger partial charge >= 0.3 is 0 Å². The second-order valence-electron chi connectivity index (χ2n) is 7.84. The van der Waals surface area contributed by atoms with Crippen molar-refractivity contribution in [2.24, 2.45) is 5.92 Å². The summed E-state index contributed by atoms with van der Waals surface area (Å²) in [6.07, 6.45) is 12.3. The normalized spacial score (nSPS) is 42.1. The van der Waals surface area contributed by atoms with Gasteiger partial charge in [0.1, 0.15) is 0 Å². The Balaban J connectivity index is 1.44. The van der Waals surface area contributed by atoms with Crippen molar-refractivity contribution in [1.29, 1.82) is 0 Å². The summed E-state index contributed by atoms with van der Waals surface area (Å²) in [5.74, 6) is 0.470. The van der Waals surface area contributed by atoms with E-state index in [1.807, 2.05) is 0 Å². The first kappa shape index (κ1) is 13.5. The van der Waals surface area contributed by atoms with Crippen LogP contribution in [0.3, 0.4) is 0 Å². The number of β-amino-alcohol motifs (C(OH)–C–C–N with tert-alkyl or cyclic N) is 1. The molecule has 114 valence electrons. The van der Waals surface area contributed by atoms with Crippen LogP contribution in [0.2, 0.25) is 0 Å². The third-order valence-electron chi connectivity index (χ3n) is 6.39. The van der Waals surface area contributed by atoms with Crippen molar-refractivity contribution >= 4 is 0 Å². The van der Waals surface area contributed by atoms with Gasteiger partial charge in [0.2, 0.25) is 0 Å². The standard InChI is InChI=1S/C17H29NO2/c19-17(9-10-18(13-17)15-4-5-15)14-6-11-20-16(12-14)7-2-1-3-8-16/h14-15,19H,1-13H2. The van der Waals surface area contributed by atoms with Crippen LogP contribution < -0.4 is 0 Å². The van der Waals surface area contributed by atoms with Crippen LogP contribution in [0.15, 0.2) is 0 Å². The molecule has 2 aliphatic carbocycles. The average molecular weight is 279 g/mol. The first-order chi connectivity index (χ1) is 9.69. The maximum atomic E-state index is 11.2. The number of ether oxygens (including phenoxy) is 1. The molecule has 0 radical (unpaired) electrons. The fraction of sp³-hybridized carbons (Fsp3) is 1.00. The minimum atomic E-state index is -0.420. The molecule has 4 fully saturated rings. The summed E-state index contributed by atoms with van der Waals surface area (Å²) in [5.41, 5.74) is -0.291. The third kappa shape index (κ3) is 2.42. The highest BCUT2D eigenvalue weighted by molar-refractivity contribution is 5.03. The Hall–Kier alpha value is -0.120. The molecule has 2 unspecified atom stereocenters. The van der Waals surface area contributed by atoms with Crippen LogP contribution in [-0.4, -0.2) is 46.9 Å². The Kier molecular flexibility index (Phi) is 3.36. The Bertz CT molecular complexity index is 356. The van der Waals surface area contributed by atoms with Gasteiger partial charge in [-0.25, -0.2) is 0 Å². The van der Waals surface area contributed by atoms with E-state index < -0.39 is 5.60 Å². The molecule has 3 heteroatoms. The van der Waals surface area contributed by atoms with Crippen LogP contribution in [0.4, 0.5) is 0 Å². The molecular weight excluding hydrogens is 250 g/mol. The topological polar surface area (TPSA) is 32.7 Å². The number of aliphatic hydroxyl groups is 1. The fourth-order valence-electron chi connectivity index (χ4n) is 4.96. The molecule has 0 aromatic heterocycles. The van der Waals surface area contributed by atoms with Crippen LogP contribution >= 0.6 is 0 Å². The maximum absolute atomic E-state index is 11.2. The molecule has 4 aliphatic rings. The van der Waals surface area contributed by atoms with E-state index >= 15 is 0 Å². The molecule has 3 nitrogen and oxygen atoms in total. The lowest BCUT2D eigenvalue weighted by molar-refractivity contribution is -0.153. The van der Waals surface area contributed by atoms with Gasteiger partial charge in [-0.15, -0.1) is 0 Å². The summed E-state index contributed by atoms with van der Waals surface area (Å²) in [5, 5.41) is 11.2. The third-order valence-corrected chi connectivity index (χ3v) is 6.39. The lowest BCUT2D eigenvalue weighted by Crippen LogP contribution is -2.50. The van der Waals surface area contributed by atoms with Crippen LogP contribution in [0.5, 0.6) is 0 Å². The summed E-state index contributed by atoms with van der Waals surface area (Å²) in [4.78, 5) is 2.54. The highest BCUT2D eigenvalue weighted by atomic mass is 16.5. The SMILES string of the molecule is OC1(C2CCOC3(CCCCC3)C2)CCN(C2CC2)C1. The van der Waals surface area contributed by atoms with Crippen molar-refractivity contribution in [3.63, 3.8) is 0 Å². The van der Waals surface area contributed by atoms with Gasteiger partial charge in [-0.05, 0) is 50.9 Å². The van der Waals surface area contributed by atoms with Gasteiger partial charge in [0.15, 0.2) is 0 Å². The molecule has 0 aromatic rings. The molecule has 2 atom stereocenters. The molecule has 1 N–H and O–H groups in total. The second-order valence-corrected chi connectivity index (χ2v) is 7.84. The Labute approximate surface area is 122 Å². The molecule has 1 spiro atoms. The summed E-state index contributed by atoms with van der Waals surface area (Å²) in [6, 6.07) is 0.799. The van der Waals surface area contributed by atoms with Gasteiger partial charge in [-0.3, -0.25) is 4.90 Å². The molecule has 20 heavy (non-hydrogen) atoms. The number of hydrogen-bond donors (Lipinski definition) is 1. The molecule has 0 amide bonds. The molecule has 2 saturated heterocycles. The van der Waals surface area contributed by atoms with Gasteiger partial charge in [0, 0.05) is 25.7 Å².